The molecule has 6 rings (SSSR count). The van der Waals surface area contributed by atoms with E-state index in [2.05, 4.69) is 15.5 Å². The highest BCUT2D eigenvalue weighted by molar-refractivity contribution is 6.07. The minimum absolute atomic E-state index is 0.0776. The number of amides is 1. The fourth-order valence-corrected chi connectivity index (χ4v) is 4.81. The predicted molar refractivity (Wildman–Crippen MR) is 121 cm³/mol. The summed E-state index contributed by atoms with van der Waals surface area (Å²) in [5.41, 5.74) is 6.90. The van der Waals surface area contributed by atoms with Gasteiger partial charge in [-0.2, -0.15) is 5.10 Å². The van der Waals surface area contributed by atoms with Crippen LogP contribution >= 0.6 is 0 Å². The molecule has 2 aliphatic rings. The van der Waals surface area contributed by atoms with Crippen LogP contribution in [-0.2, 0) is 22.5 Å². The fraction of sp³-hybridized carbons (Fsp3) is 0.320. The van der Waals surface area contributed by atoms with Crippen LogP contribution in [0.15, 0.2) is 42.6 Å². The van der Waals surface area contributed by atoms with Crippen LogP contribution in [0.3, 0.4) is 0 Å². The molecule has 1 amide bonds. The van der Waals surface area contributed by atoms with Crippen molar-refractivity contribution in [1.29, 1.82) is 0 Å². The third-order valence-electron chi connectivity index (χ3n) is 6.46. The van der Waals surface area contributed by atoms with Crippen molar-refractivity contribution in [2.75, 3.05) is 19.8 Å². The average molecular weight is 428 g/mol. The number of carbonyl (C=O) groups excluding carboxylic acids is 1. The summed E-state index contributed by atoms with van der Waals surface area (Å²) in [4.78, 5) is 17.6. The number of pyridine rings is 1. The molecule has 1 atom stereocenters. The number of benzene rings is 2. The summed E-state index contributed by atoms with van der Waals surface area (Å²) < 4.78 is 11.4. The van der Waals surface area contributed by atoms with Crippen LogP contribution in [0.5, 0.6) is 0 Å². The van der Waals surface area contributed by atoms with Gasteiger partial charge >= 0.3 is 0 Å². The number of nitrogens with zero attached hydrogens (tertiary/aromatic N) is 2. The second-order valence-corrected chi connectivity index (χ2v) is 8.43. The zero-order valence-electron chi connectivity index (χ0n) is 17.7. The number of fused-ring (bicyclic) bond motifs is 5. The summed E-state index contributed by atoms with van der Waals surface area (Å²) in [5, 5.41) is 12.5. The van der Waals surface area contributed by atoms with Gasteiger partial charge in [0.1, 0.15) is 0 Å². The van der Waals surface area contributed by atoms with E-state index in [9.17, 15) is 4.79 Å². The second-order valence-electron chi connectivity index (χ2n) is 8.43. The first-order valence-corrected chi connectivity index (χ1v) is 11.1. The van der Waals surface area contributed by atoms with Gasteiger partial charge < -0.3 is 14.8 Å². The molecule has 4 heterocycles. The number of carbonyl (C=O) groups is 1. The topological polar surface area (TPSA) is 89.1 Å². The molecule has 0 unspecified atom stereocenters. The number of ether oxygens (including phenoxy) is 2. The van der Waals surface area contributed by atoms with E-state index in [4.69, 9.17) is 14.5 Å². The molecule has 4 aromatic rings. The van der Waals surface area contributed by atoms with E-state index in [-0.39, 0.29) is 12.0 Å². The van der Waals surface area contributed by atoms with Crippen molar-refractivity contribution in [1.82, 2.24) is 20.5 Å². The van der Waals surface area contributed by atoms with E-state index in [0.29, 0.717) is 25.3 Å². The maximum absolute atomic E-state index is 12.5. The van der Waals surface area contributed by atoms with Crippen LogP contribution in [0, 0.1) is 0 Å². The molecule has 0 aliphatic carbocycles. The highest BCUT2D eigenvalue weighted by atomic mass is 16.5. The minimum atomic E-state index is -0.0776. The van der Waals surface area contributed by atoms with Crippen molar-refractivity contribution in [3.63, 3.8) is 0 Å². The zero-order chi connectivity index (χ0) is 21.5. The second kappa shape index (κ2) is 8.00. The Hall–Kier alpha value is -3.29. The maximum Gasteiger partial charge on any atom is 0.251 e. The lowest BCUT2D eigenvalue weighted by atomic mass is 9.92. The van der Waals surface area contributed by atoms with Crippen molar-refractivity contribution in [3.05, 3.63) is 59.3 Å². The van der Waals surface area contributed by atoms with Crippen molar-refractivity contribution in [2.24, 2.45) is 0 Å². The van der Waals surface area contributed by atoms with Crippen molar-refractivity contribution in [2.45, 2.75) is 32.0 Å². The van der Waals surface area contributed by atoms with Crippen LogP contribution in [0.2, 0.25) is 0 Å². The summed E-state index contributed by atoms with van der Waals surface area (Å²) in [6.07, 6.45) is 4.92. The first-order valence-electron chi connectivity index (χ1n) is 11.1. The lowest BCUT2D eigenvalue weighted by molar-refractivity contribution is 0.0858. The summed E-state index contributed by atoms with van der Waals surface area (Å²) >= 11 is 0. The minimum Gasteiger partial charge on any atom is -0.376 e. The van der Waals surface area contributed by atoms with Crippen molar-refractivity contribution >= 4 is 27.7 Å². The number of rotatable bonds is 4. The SMILES string of the molecule is O=C(NC[C@@H]1CCCO1)c1ccc(-c2nc3ccc4[nH]ncc4c3c3c2COCC3)cc1. The quantitative estimate of drug-likeness (QED) is 0.517. The molecule has 2 aromatic heterocycles. The number of hydrogen-bond donors (Lipinski definition) is 2. The summed E-state index contributed by atoms with van der Waals surface area (Å²) in [6.45, 7) is 2.57. The monoisotopic (exact) mass is 428 g/mol. The number of aromatic amines is 1. The number of H-pyrrole nitrogens is 1. The molecule has 2 N–H and O–H groups in total. The summed E-state index contributed by atoms with van der Waals surface area (Å²) in [6, 6.07) is 11.7. The molecular weight excluding hydrogens is 404 g/mol. The van der Waals surface area contributed by atoms with Gasteiger partial charge in [0.2, 0.25) is 0 Å². The molecule has 7 heteroatoms. The third-order valence-corrected chi connectivity index (χ3v) is 6.46. The molecule has 0 spiro atoms. The highest BCUT2D eigenvalue weighted by Gasteiger charge is 2.22. The van der Waals surface area contributed by atoms with Gasteiger partial charge in [-0.05, 0) is 49.1 Å². The lowest BCUT2D eigenvalue weighted by Gasteiger charge is -2.22. The Morgan fingerprint density at radius 2 is 2.03 bits per heavy atom. The van der Waals surface area contributed by atoms with Gasteiger partial charge in [-0.15, -0.1) is 0 Å². The van der Waals surface area contributed by atoms with E-state index in [1.165, 1.54) is 5.56 Å². The summed E-state index contributed by atoms with van der Waals surface area (Å²) in [7, 11) is 0. The average Bonchev–Trinajstić information content (AvgIpc) is 3.54. The Labute approximate surface area is 185 Å². The molecule has 1 saturated heterocycles. The first-order chi connectivity index (χ1) is 15.8. The summed E-state index contributed by atoms with van der Waals surface area (Å²) in [5.74, 6) is -0.0776. The maximum atomic E-state index is 12.5. The number of nitrogens with one attached hydrogen (secondary N) is 2. The first kappa shape index (κ1) is 19.4. The Morgan fingerprint density at radius 1 is 1.12 bits per heavy atom. The van der Waals surface area contributed by atoms with Gasteiger partial charge in [-0.25, -0.2) is 4.98 Å². The van der Waals surface area contributed by atoms with Crippen LogP contribution in [-0.4, -0.2) is 47.0 Å². The molecular formula is C25H24N4O3. The van der Waals surface area contributed by atoms with E-state index in [0.717, 1.165) is 64.5 Å². The van der Waals surface area contributed by atoms with Crippen LogP contribution in [0.25, 0.3) is 33.1 Å². The molecule has 162 valence electrons. The van der Waals surface area contributed by atoms with Gasteiger partial charge in [0, 0.05) is 40.6 Å². The molecule has 2 aliphatic heterocycles. The molecule has 0 radical (unpaired) electrons. The molecule has 0 bridgehead atoms. The van der Waals surface area contributed by atoms with Crippen LogP contribution in [0.1, 0.15) is 34.3 Å². The van der Waals surface area contributed by atoms with Gasteiger partial charge in [0.25, 0.3) is 5.91 Å². The Morgan fingerprint density at radius 3 is 2.88 bits per heavy atom. The standard InChI is InChI=1S/C25H24N4O3/c30-25(26-12-17-2-1-10-32-17)16-5-3-15(4-6-16)24-20-14-31-11-9-18(20)23-19-13-27-29-21(19)7-8-22(23)28-24/h3-8,13,17H,1-2,9-12,14H2,(H,26,30)(H,27,29)/t17-/m0/s1. The van der Waals surface area contributed by atoms with Crippen molar-refractivity contribution in [3.8, 4) is 11.3 Å². The van der Waals surface area contributed by atoms with E-state index in [1.807, 2.05) is 42.6 Å². The van der Waals surface area contributed by atoms with Crippen LogP contribution in [0.4, 0.5) is 0 Å². The molecule has 0 saturated carbocycles. The zero-order valence-corrected chi connectivity index (χ0v) is 17.7. The molecule has 2 aromatic carbocycles. The molecule has 1 fully saturated rings. The van der Waals surface area contributed by atoms with Gasteiger partial charge in [0.15, 0.2) is 0 Å². The smallest absolute Gasteiger partial charge is 0.251 e. The van der Waals surface area contributed by atoms with Crippen LogP contribution < -0.4 is 5.32 Å². The molecule has 32 heavy (non-hydrogen) atoms. The Balaban J connectivity index is 1.35. The van der Waals surface area contributed by atoms with Gasteiger partial charge in [-0.3, -0.25) is 9.89 Å². The van der Waals surface area contributed by atoms with Gasteiger partial charge in [-0.1, -0.05) is 12.1 Å². The Bertz CT molecular complexity index is 1310. The fourth-order valence-electron chi connectivity index (χ4n) is 4.81. The molecule has 7 nitrogen and oxygen atoms in total. The lowest BCUT2D eigenvalue weighted by Crippen LogP contribution is -2.31. The number of aromatic nitrogens is 3. The van der Waals surface area contributed by atoms with Gasteiger partial charge in [0.05, 0.1) is 42.2 Å². The predicted octanol–water partition coefficient (Wildman–Crippen LogP) is 3.76. The van der Waals surface area contributed by atoms with E-state index < -0.39 is 0 Å². The Kier molecular flexibility index (Phi) is 4.85. The largest absolute Gasteiger partial charge is 0.376 e. The number of hydrogen-bond acceptors (Lipinski definition) is 5. The third kappa shape index (κ3) is 3.34. The van der Waals surface area contributed by atoms with E-state index in [1.54, 1.807) is 0 Å². The normalized spacial score (nSPS) is 18.2. The highest BCUT2D eigenvalue weighted by Crippen LogP contribution is 2.36. The van der Waals surface area contributed by atoms with E-state index >= 15 is 0 Å². The van der Waals surface area contributed by atoms with Crippen molar-refractivity contribution < 1.29 is 14.3 Å².